The third kappa shape index (κ3) is 4.37. The first-order chi connectivity index (χ1) is 12.4. The summed E-state index contributed by atoms with van der Waals surface area (Å²) in [5.74, 6) is -0.0709. The van der Waals surface area contributed by atoms with Gasteiger partial charge < -0.3 is 19.5 Å². The van der Waals surface area contributed by atoms with E-state index in [9.17, 15) is 9.59 Å². The SMILES string of the molecule is Cc1cc(Br)c(NC(=O)COC(=O)C2COc3ccccc3O2)c(Br)c1. The maximum atomic E-state index is 12.1. The van der Waals surface area contributed by atoms with E-state index in [1.165, 1.54) is 0 Å². The fraction of sp³-hybridized carbons (Fsp3) is 0.222. The lowest BCUT2D eigenvalue weighted by Crippen LogP contribution is -2.39. The number of hydrogen-bond donors (Lipinski definition) is 1. The zero-order valence-corrected chi connectivity index (χ0v) is 16.9. The van der Waals surface area contributed by atoms with Crippen molar-refractivity contribution in [2.75, 3.05) is 18.5 Å². The second kappa shape index (κ2) is 8.09. The highest BCUT2D eigenvalue weighted by molar-refractivity contribution is 9.11. The summed E-state index contributed by atoms with van der Waals surface area (Å²) in [5.41, 5.74) is 1.60. The highest BCUT2D eigenvalue weighted by atomic mass is 79.9. The Labute approximate surface area is 167 Å². The van der Waals surface area contributed by atoms with E-state index in [4.69, 9.17) is 14.2 Å². The van der Waals surface area contributed by atoms with Crippen LogP contribution in [0.25, 0.3) is 0 Å². The van der Waals surface area contributed by atoms with Crippen LogP contribution in [-0.4, -0.2) is 31.2 Å². The van der Waals surface area contributed by atoms with Crippen molar-refractivity contribution >= 4 is 49.4 Å². The van der Waals surface area contributed by atoms with Crippen LogP contribution in [0.4, 0.5) is 5.69 Å². The maximum Gasteiger partial charge on any atom is 0.351 e. The Balaban J connectivity index is 1.54. The molecule has 0 saturated heterocycles. The lowest BCUT2D eigenvalue weighted by molar-refractivity contribution is -0.156. The molecule has 26 heavy (non-hydrogen) atoms. The maximum absolute atomic E-state index is 12.1. The molecule has 1 amide bonds. The van der Waals surface area contributed by atoms with Crippen LogP contribution >= 0.6 is 31.9 Å². The Morgan fingerprint density at radius 3 is 2.54 bits per heavy atom. The second-order valence-corrected chi connectivity index (χ2v) is 7.33. The van der Waals surface area contributed by atoms with Gasteiger partial charge in [0.1, 0.15) is 6.61 Å². The molecular formula is C18H15Br2NO5. The van der Waals surface area contributed by atoms with Gasteiger partial charge in [0.15, 0.2) is 18.1 Å². The zero-order chi connectivity index (χ0) is 18.7. The van der Waals surface area contributed by atoms with Crippen molar-refractivity contribution in [3.8, 4) is 11.5 Å². The Kier molecular flexibility index (Phi) is 5.83. The molecule has 0 spiro atoms. The average Bonchev–Trinajstić information content (AvgIpc) is 2.62. The molecule has 1 N–H and O–H groups in total. The van der Waals surface area contributed by atoms with E-state index in [1.807, 2.05) is 25.1 Å². The van der Waals surface area contributed by atoms with Crippen LogP contribution in [0, 0.1) is 6.92 Å². The standard InChI is InChI=1S/C18H15Br2NO5/c1-10-6-11(19)17(12(20)7-10)21-16(22)9-25-18(23)15-8-24-13-4-2-3-5-14(13)26-15/h2-7,15H,8-9H2,1H3,(H,21,22). The molecule has 0 aromatic heterocycles. The summed E-state index contributed by atoms with van der Waals surface area (Å²) in [6, 6.07) is 10.8. The van der Waals surface area contributed by atoms with Gasteiger partial charge in [-0.3, -0.25) is 4.79 Å². The van der Waals surface area contributed by atoms with Gasteiger partial charge in [-0.2, -0.15) is 0 Å². The predicted octanol–water partition coefficient (Wildman–Crippen LogP) is 3.84. The zero-order valence-electron chi connectivity index (χ0n) is 13.8. The lowest BCUT2D eigenvalue weighted by atomic mass is 10.2. The molecule has 0 fully saturated rings. The monoisotopic (exact) mass is 483 g/mol. The summed E-state index contributed by atoms with van der Waals surface area (Å²) < 4.78 is 17.5. The fourth-order valence-electron chi connectivity index (χ4n) is 2.36. The molecule has 0 bridgehead atoms. The van der Waals surface area contributed by atoms with Crippen molar-refractivity contribution in [1.29, 1.82) is 0 Å². The number of amides is 1. The van der Waals surface area contributed by atoms with Crippen molar-refractivity contribution in [3.63, 3.8) is 0 Å². The van der Waals surface area contributed by atoms with Gasteiger partial charge in [-0.1, -0.05) is 12.1 Å². The normalized spacial score (nSPS) is 15.3. The summed E-state index contributed by atoms with van der Waals surface area (Å²) in [5, 5.41) is 2.70. The van der Waals surface area contributed by atoms with Crippen molar-refractivity contribution in [1.82, 2.24) is 0 Å². The third-order valence-corrected chi connectivity index (χ3v) is 4.82. The molecule has 1 unspecified atom stereocenters. The number of halogens is 2. The van der Waals surface area contributed by atoms with E-state index in [1.54, 1.807) is 18.2 Å². The topological polar surface area (TPSA) is 73.9 Å². The van der Waals surface area contributed by atoms with Gasteiger partial charge in [-0.15, -0.1) is 0 Å². The molecule has 2 aromatic rings. The molecule has 0 radical (unpaired) electrons. The van der Waals surface area contributed by atoms with Crippen LogP contribution in [-0.2, 0) is 14.3 Å². The predicted molar refractivity (Wildman–Crippen MR) is 103 cm³/mol. The molecule has 2 aromatic carbocycles. The number of carbonyl (C=O) groups is 2. The average molecular weight is 485 g/mol. The summed E-state index contributed by atoms with van der Waals surface area (Å²) >= 11 is 6.79. The minimum absolute atomic E-state index is 0.0343. The number of para-hydroxylation sites is 2. The van der Waals surface area contributed by atoms with Crippen LogP contribution in [0.2, 0.25) is 0 Å². The van der Waals surface area contributed by atoms with E-state index >= 15 is 0 Å². The minimum atomic E-state index is -0.907. The van der Waals surface area contributed by atoms with Crippen LogP contribution in [0.3, 0.4) is 0 Å². The first-order valence-electron chi connectivity index (χ1n) is 7.74. The number of aryl methyl sites for hydroxylation is 1. The highest BCUT2D eigenvalue weighted by Crippen LogP contribution is 2.32. The number of benzene rings is 2. The number of nitrogens with one attached hydrogen (secondary N) is 1. The molecule has 0 saturated carbocycles. The Hall–Kier alpha value is -2.06. The molecule has 0 aliphatic carbocycles. The number of rotatable bonds is 4. The smallest absolute Gasteiger partial charge is 0.351 e. The van der Waals surface area contributed by atoms with Crippen LogP contribution in [0.15, 0.2) is 45.3 Å². The first-order valence-corrected chi connectivity index (χ1v) is 9.33. The van der Waals surface area contributed by atoms with Gasteiger partial charge in [0.05, 0.1) is 5.69 Å². The Bertz CT molecular complexity index is 832. The van der Waals surface area contributed by atoms with Gasteiger partial charge >= 0.3 is 5.97 Å². The molecule has 136 valence electrons. The molecule has 1 heterocycles. The van der Waals surface area contributed by atoms with E-state index in [0.717, 1.165) is 14.5 Å². The van der Waals surface area contributed by atoms with Gasteiger partial charge in [0.25, 0.3) is 5.91 Å². The van der Waals surface area contributed by atoms with E-state index in [-0.39, 0.29) is 6.61 Å². The summed E-state index contributed by atoms with van der Waals surface area (Å²) in [6.07, 6.45) is -0.907. The van der Waals surface area contributed by atoms with Gasteiger partial charge in [-0.05, 0) is 68.6 Å². The summed E-state index contributed by atoms with van der Waals surface area (Å²) in [7, 11) is 0. The number of carbonyl (C=O) groups excluding carboxylic acids is 2. The fourth-order valence-corrected chi connectivity index (χ4v) is 3.97. The molecule has 1 aliphatic rings. The molecular weight excluding hydrogens is 470 g/mol. The van der Waals surface area contributed by atoms with Crippen molar-refractivity contribution in [2.45, 2.75) is 13.0 Å². The van der Waals surface area contributed by atoms with E-state index in [0.29, 0.717) is 17.2 Å². The number of fused-ring (bicyclic) bond motifs is 1. The van der Waals surface area contributed by atoms with E-state index < -0.39 is 24.6 Å². The lowest BCUT2D eigenvalue weighted by Gasteiger charge is -2.24. The number of hydrogen-bond acceptors (Lipinski definition) is 5. The minimum Gasteiger partial charge on any atom is -0.485 e. The first kappa shape index (κ1) is 18.7. The van der Waals surface area contributed by atoms with Crippen molar-refractivity contribution in [2.24, 2.45) is 0 Å². The summed E-state index contributed by atoms with van der Waals surface area (Å²) in [6.45, 7) is 1.55. The number of ether oxygens (including phenoxy) is 3. The number of esters is 1. The van der Waals surface area contributed by atoms with Crippen LogP contribution in [0.1, 0.15) is 5.56 Å². The van der Waals surface area contributed by atoms with Gasteiger partial charge in [0.2, 0.25) is 6.10 Å². The second-order valence-electron chi connectivity index (χ2n) is 5.62. The van der Waals surface area contributed by atoms with Crippen LogP contribution < -0.4 is 14.8 Å². The highest BCUT2D eigenvalue weighted by Gasteiger charge is 2.29. The molecule has 1 atom stereocenters. The largest absolute Gasteiger partial charge is 0.485 e. The third-order valence-electron chi connectivity index (χ3n) is 3.57. The number of anilines is 1. The molecule has 8 heteroatoms. The molecule has 3 rings (SSSR count). The Morgan fingerprint density at radius 2 is 1.85 bits per heavy atom. The van der Waals surface area contributed by atoms with Crippen LogP contribution in [0.5, 0.6) is 11.5 Å². The van der Waals surface area contributed by atoms with Gasteiger partial charge in [0, 0.05) is 8.95 Å². The van der Waals surface area contributed by atoms with E-state index in [2.05, 4.69) is 37.2 Å². The molecule has 1 aliphatic heterocycles. The van der Waals surface area contributed by atoms with Crippen molar-refractivity contribution < 1.29 is 23.8 Å². The van der Waals surface area contributed by atoms with Gasteiger partial charge in [-0.25, -0.2) is 4.79 Å². The van der Waals surface area contributed by atoms with Crippen molar-refractivity contribution in [3.05, 3.63) is 50.9 Å². The summed E-state index contributed by atoms with van der Waals surface area (Å²) in [4.78, 5) is 24.2. The molecule has 6 nitrogen and oxygen atoms in total. The quantitative estimate of drug-likeness (QED) is 0.667. The Morgan fingerprint density at radius 1 is 1.19 bits per heavy atom.